The number of rotatable bonds is 3. The molecule has 126 valence electrons. The van der Waals surface area contributed by atoms with Crippen molar-refractivity contribution in [2.24, 2.45) is 0 Å². The lowest BCUT2D eigenvalue weighted by atomic mass is 10.2. The predicted octanol–water partition coefficient (Wildman–Crippen LogP) is 1.62. The second-order valence-corrected chi connectivity index (χ2v) is 5.81. The van der Waals surface area contributed by atoms with E-state index in [0.29, 0.717) is 24.7 Å². The number of piperazine rings is 1. The first-order valence-corrected chi connectivity index (χ1v) is 8.22. The van der Waals surface area contributed by atoms with Crippen LogP contribution in [0.3, 0.4) is 0 Å². The summed E-state index contributed by atoms with van der Waals surface area (Å²) in [5.74, 6) is 0.707. The van der Waals surface area contributed by atoms with Gasteiger partial charge >= 0.3 is 0 Å². The fraction of sp³-hybridized carbons (Fsp3) is 0.222. The Morgan fingerprint density at radius 1 is 0.920 bits per heavy atom. The van der Waals surface area contributed by atoms with Crippen molar-refractivity contribution in [3.05, 3.63) is 67.0 Å². The quantitative estimate of drug-likeness (QED) is 0.728. The van der Waals surface area contributed by atoms with E-state index in [4.69, 9.17) is 0 Å². The number of carbonyl (C=O) groups is 1. The maximum Gasteiger partial charge on any atom is 0.272 e. The maximum atomic E-state index is 12.9. The zero-order valence-electron chi connectivity index (χ0n) is 13.7. The third-order valence-electron chi connectivity index (χ3n) is 4.29. The number of imidazole rings is 1. The Bertz CT molecular complexity index is 840. The van der Waals surface area contributed by atoms with Gasteiger partial charge in [0.2, 0.25) is 5.95 Å². The molecule has 0 aliphatic carbocycles. The molecule has 1 aliphatic rings. The lowest BCUT2D eigenvalue weighted by Gasteiger charge is -2.34. The number of aromatic nitrogens is 4. The van der Waals surface area contributed by atoms with Gasteiger partial charge in [0.15, 0.2) is 0 Å². The van der Waals surface area contributed by atoms with Gasteiger partial charge in [-0.2, -0.15) is 0 Å². The van der Waals surface area contributed by atoms with Crippen molar-refractivity contribution in [1.29, 1.82) is 0 Å². The number of anilines is 1. The summed E-state index contributed by atoms with van der Waals surface area (Å²) in [4.78, 5) is 29.6. The first-order chi connectivity index (χ1) is 12.3. The van der Waals surface area contributed by atoms with Gasteiger partial charge in [0.25, 0.3) is 5.91 Å². The van der Waals surface area contributed by atoms with Crippen LogP contribution in [-0.2, 0) is 0 Å². The van der Waals surface area contributed by atoms with Gasteiger partial charge in [0.05, 0.1) is 12.5 Å². The molecule has 0 N–H and O–H groups in total. The van der Waals surface area contributed by atoms with Crippen LogP contribution in [-0.4, -0.2) is 56.5 Å². The number of hydrogen-bond donors (Lipinski definition) is 0. The Kier molecular flexibility index (Phi) is 4.12. The average molecular weight is 334 g/mol. The van der Waals surface area contributed by atoms with E-state index in [9.17, 15) is 4.79 Å². The maximum absolute atomic E-state index is 12.9. The number of benzene rings is 1. The van der Waals surface area contributed by atoms with Gasteiger partial charge in [-0.25, -0.2) is 15.0 Å². The second kappa shape index (κ2) is 6.72. The van der Waals surface area contributed by atoms with E-state index in [-0.39, 0.29) is 5.91 Å². The van der Waals surface area contributed by atoms with Crippen molar-refractivity contribution in [2.45, 2.75) is 0 Å². The molecule has 1 aliphatic heterocycles. The minimum atomic E-state index is -0.00465. The molecular formula is C18H18N6O. The minimum absolute atomic E-state index is 0.00465. The van der Waals surface area contributed by atoms with E-state index < -0.39 is 0 Å². The van der Waals surface area contributed by atoms with Crippen molar-refractivity contribution in [2.75, 3.05) is 31.1 Å². The molecule has 25 heavy (non-hydrogen) atoms. The normalized spacial score (nSPS) is 14.6. The molecule has 1 aromatic carbocycles. The molecule has 0 atom stereocenters. The van der Waals surface area contributed by atoms with Crippen molar-refractivity contribution < 1.29 is 4.79 Å². The zero-order valence-corrected chi connectivity index (χ0v) is 13.7. The molecule has 1 amide bonds. The summed E-state index contributed by atoms with van der Waals surface area (Å²) >= 11 is 0. The highest BCUT2D eigenvalue weighted by Crippen LogP contribution is 2.15. The third kappa shape index (κ3) is 3.08. The van der Waals surface area contributed by atoms with Crippen LogP contribution in [0.15, 0.2) is 61.3 Å². The second-order valence-electron chi connectivity index (χ2n) is 5.81. The van der Waals surface area contributed by atoms with Crippen LogP contribution in [0.2, 0.25) is 0 Å². The summed E-state index contributed by atoms with van der Waals surface area (Å²) in [5.41, 5.74) is 1.51. The van der Waals surface area contributed by atoms with Crippen LogP contribution in [0.1, 0.15) is 10.5 Å². The van der Waals surface area contributed by atoms with Crippen molar-refractivity contribution in [1.82, 2.24) is 24.4 Å². The molecule has 0 bridgehead atoms. The molecule has 1 fully saturated rings. The first kappa shape index (κ1) is 15.3. The molecule has 0 spiro atoms. The van der Waals surface area contributed by atoms with Crippen LogP contribution in [0.25, 0.3) is 5.69 Å². The molecule has 7 heteroatoms. The van der Waals surface area contributed by atoms with Crippen LogP contribution >= 0.6 is 0 Å². The van der Waals surface area contributed by atoms with E-state index in [1.54, 1.807) is 31.0 Å². The van der Waals surface area contributed by atoms with Crippen LogP contribution in [0.4, 0.5) is 5.95 Å². The third-order valence-corrected chi connectivity index (χ3v) is 4.29. The molecule has 7 nitrogen and oxygen atoms in total. The highest BCUT2D eigenvalue weighted by atomic mass is 16.2. The molecule has 3 heterocycles. The Morgan fingerprint density at radius 3 is 2.36 bits per heavy atom. The molecule has 0 radical (unpaired) electrons. The van der Waals surface area contributed by atoms with Gasteiger partial charge in [-0.15, -0.1) is 0 Å². The van der Waals surface area contributed by atoms with Gasteiger partial charge in [0, 0.05) is 44.3 Å². The van der Waals surface area contributed by atoms with Crippen molar-refractivity contribution in [3.8, 4) is 5.69 Å². The first-order valence-electron chi connectivity index (χ1n) is 8.22. The molecule has 4 rings (SSSR count). The molecule has 0 unspecified atom stereocenters. The number of nitrogens with zero attached hydrogens (tertiary/aromatic N) is 6. The highest BCUT2D eigenvalue weighted by molar-refractivity contribution is 5.93. The lowest BCUT2D eigenvalue weighted by Crippen LogP contribution is -2.49. The Balaban J connectivity index is 1.48. The standard InChI is InChI=1S/C18H18N6O/c25-17(16-13-19-14-24(16)15-5-2-1-3-6-15)22-9-11-23(12-10-22)18-20-7-4-8-21-18/h1-8,13-14H,9-12H2. The summed E-state index contributed by atoms with van der Waals surface area (Å²) in [6, 6.07) is 11.6. The largest absolute Gasteiger partial charge is 0.337 e. The highest BCUT2D eigenvalue weighted by Gasteiger charge is 2.25. The van der Waals surface area contributed by atoms with Crippen LogP contribution in [0, 0.1) is 0 Å². The van der Waals surface area contributed by atoms with Crippen molar-refractivity contribution in [3.63, 3.8) is 0 Å². The summed E-state index contributed by atoms with van der Waals surface area (Å²) < 4.78 is 1.83. The SMILES string of the molecule is O=C(c1cncn1-c1ccccc1)N1CCN(c2ncccn2)CC1. The number of amides is 1. The van der Waals surface area contributed by atoms with Gasteiger partial charge < -0.3 is 9.80 Å². The minimum Gasteiger partial charge on any atom is -0.337 e. The summed E-state index contributed by atoms with van der Waals surface area (Å²) in [6.45, 7) is 2.71. The summed E-state index contributed by atoms with van der Waals surface area (Å²) in [6.07, 6.45) is 6.77. The zero-order chi connectivity index (χ0) is 17.1. The smallest absolute Gasteiger partial charge is 0.272 e. The van der Waals surface area contributed by atoms with E-state index >= 15 is 0 Å². The molecule has 2 aromatic heterocycles. The van der Waals surface area contributed by atoms with Gasteiger partial charge in [0.1, 0.15) is 5.69 Å². The number of para-hydroxylation sites is 1. The molecule has 0 saturated carbocycles. The predicted molar refractivity (Wildman–Crippen MR) is 93.7 cm³/mol. The Morgan fingerprint density at radius 2 is 1.64 bits per heavy atom. The Hall–Kier alpha value is -3.22. The van der Waals surface area contributed by atoms with Gasteiger partial charge in [-0.3, -0.25) is 9.36 Å². The molecule has 1 saturated heterocycles. The average Bonchev–Trinajstić information content (AvgIpc) is 3.19. The summed E-state index contributed by atoms with van der Waals surface area (Å²) in [7, 11) is 0. The monoisotopic (exact) mass is 334 g/mol. The van der Waals surface area contributed by atoms with E-state index in [2.05, 4.69) is 19.9 Å². The Labute approximate surface area is 145 Å². The van der Waals surface area contributed by atoms with Crippen LogP contribution in [0.5, 0.6) is 0 Å². The van der Waals surface area contributed by atoms with Gasteiger partial charge in [-0.05, 0) is 18.2 Å². The van der Waals surface area contributed by atoms with E-state index in [0.717, 1.165) is 18.8 Å². The van der Waals surface area contributed by atoms with Crippen LogP contribution < -0.4 is 4.90 Å². The van der Waals surface area contributed by atoms with E-state index in [1.165, 1.54) is 0 Å². The molecule has 3 aromatic rings. The molecular weight excluding hydrogens is 316 g/mol. The topological polar surface area (TPSA) is 67.2 Å². The number of carbonyl (C=O) groups excluding carboxylic acids is 1. The number of hydrogen-bond acceptors (Lipinski definition) is 5. The van der Waals surface area contributed by atoms with Gasteiger partial charge in [-0.1, -0.05) is 18.2 Å². The fourth-order valence-corrected chi connectivity index (χ4v) is 2.97. The van der Waals surface area contributed by atoms with E-state index in [1.807, 2.05) is 39.8 Å². The summed E-state index contributed by atoms with van der Waals surface area (Å²) in [5, 5.41) is 0. The fourth-order valence-electron chi connectivity index (χ4n) is 2.97. The van der Waals surface area contributed by atoms with Crippen molar-refractivity contribution >= 4 is 11.9 Å². The lowest BCUT2D eigenvalue weighted by molar-refractivity contribution is 0.0738.